The Hall–Kier alpha value is -2.43. The highest BCUT2D eigenvalue weighted by Crippen LogP contribution is 2.23. The van der Waals surface area contributed by atoms with E-state index < -0.39 is 5.97 Å². The van der Waals surface area contributed by atoms with Crippen LogP contribution in [0.5, 0.6) is 0 Å². The molecule has 5 nitrogen and oxygen atoms in total. The molecule has 0 saturated carbocycles. The van der Waals surface area contributed by atoms with Crippen LogP contribution in [0.2, 0.25) is 0 Å². The number of carbonyl (C=O) groups is 2. The highest BCUT2D eigenvalue weighted by molar-refractivity contribution is 6.06. The number of rotatable bonds is 6. The van der Waals surface area contributed by atoms with Crippen LogP contribution < -0.4 is 0 Å². The first kappa shape index (κ1) is 16.9. The number of hydrogen-bond donors (Lipinski definition) is 1. The van der Waals surface area contributed by atoms with Gasteiger partial charge in [-0.25, -0.2) is 0 Å². The van der Waals surface area contributed by atoms with Crippen molar-refractivity contribution >= 4 is 22.8 Å². The quantitative estimate of drug-likeness (QED) is 0.888. The Morgan fingerprint density at radius 2 is 1.96 bits per heavy atom. The van der Waals surface area contributed by atoms with E-state index in [1.165, 1.54) is 0 Å². The largest absolute Gasteiger partial charge is 0.481 e. The lowest BCUT2D eigenvalue weighted by Crippen LogP contribution is -2.28. The molecule has 1 aromatic heterocycles. The molecule has 0 aliphatic rings. The third-order valence-corrected chi connectivity index (χ3v) is 3.79. The van der Waals surface area contributed by atoms with E-state index in [-0.39, 0.29) is 18.2 Å². The van der Waals surface area contributed by atoms with Gasteiger partial charge in [-0.3, -0.25) is 14.6 Å². The first-order chi connectivity index (χ1) is 10.9. The Kier molecular flexibility index (Phi) is 5.32. The zero-order valence-electron chi connectivity index (χ0n) is 13.7. The summed E-state index contributed by atoms with van der Waals surface area (Å²) in [4.78, 5) is 29.6. The number of carboxylic acid groups (broad SMARTS) is 1. The fourth-order valence-corrected chi connectivity index (χ4v) is 2.44. The summed E-state index contributed by atoms with van der Waals surface area (Å²) in [5, 5.41) is 9.54. The zero-order valence-corrected chi connectivity index (χ0v) is 13.7. The second-order valence-corrected chi connectivity index (χ2v) is 5.99. The van der Waals surface area contributed by atoms with Gasteiger partial charge >= 0.3 is 5.97 Å². The van der Waals surface area contributed by atoms with Gasteiger partial charge in [0.15, 0.2) is 0 Å². The molecule has 0 fully saturated rings. The van der Waals surface area contributed by atoms with Crippen molar-refractivity contribution in [3.8, 4) is 0 Å². The van der Waals surface area contributed by atoms with Crippen LogP contribution in [0.3, 0.4) is 0 Å². The third-order valence-electron chi connectivity index (χ3n) is 3.79. The van der Waals surface area contributed by atoms with Gasteiger partial charge in [-0.15, -0.1) is 0 Å². The fourth-order valence-electron chi connectivity index (χ4n) is 2.44. The number of hydrogen-bond acceptors (Lipinski definition) is 3. The zero-order chi connectivity index (χ0) is 17.0. The van der Waals surface area contributed by atoms with Crippen LogP contribution in [0.1, 0.15) is 48.7 Å². The van der Waals surface area contributed by atoms with Crippen LogP contribution in [0.15, 0.2) is 30.3 Å². The number of amides is 1. The van der Waals surface area contributed by atoms with E-state index in [0.717, 1.165) is 16.6 Å². The van der Waals surface area contributed by atoms with Crippen molar-refractivity contribution in [3.05, 3.63) is 41.6 Å². The predicted molar refractivity (Wildman–Crippen MR) is 89.7 cm³/mol. The number of carbonyl (C=O) groups excluding carboxylic acids is 1. The molecule has 0 unspecified atom stereocenters. The van der Waals surface area contributed by atoms with Crippen molar-refractivity contribution in [1.29, 1.82) is 0 Å². The molecule has 1 amide bonds. The van der Waals surface area contributed by atoms with E-state index in [9.17, 15) is 9.59 Å². The SMILES string of the molecule is CC(C)c1cc(C(=O)N(C)CCCC(=O)O)c2ccccc2n1. The Morgan fingerprint density at radius 3 is 2.61 bits per heavy atom. The predicted octanol–water partition coefficient (Wildman–Crippen LogP) is 3.30. The van der Waals surface area contributed by atoms with Gasteiger partial charge in [0, 0.05) is 31.1 Å². The van der Waals surface area contributed by atoms with Gasteiger partial charge in [-0.2, -0.15) is 0 Å². The topological polar surface area (TPSA) is 70.5 Å². The summed E-state index contributed by atoms with van der Waals surface area (Å²) in [5.74, 6) is -0.721. The van der Waals surface area contributed by atoms with E-state index in [2.05, 4.69) is 4.98 Å². The lowest BCUT2D eigenvalue weighted by Gasteiger charge is -2.19. The number of para-hydroxylation sites is 1. The minimum absolute atomic E-state index is 0.0615. The molecule has 23 heavy (non-hydrogen) atoms. The van der Waals surface area contributed by atoms with Crippen molar-refractivity contribution in [2.75, 3.05) is 13.6 Å². The molecular formula is C18H22N2O3. The van der Waals surface area contributed by atoms with Crippen molar-refractivity contribution in [1.82, 2.24) is 9.88 Å². The number of aliphatic carboxylic acids is 1. The van der Waals surface area contributed by atoms with E-state index in [1.54, 1.807) is 11.9 Å². The van der Waals surface area contributed by atoms with Gasteiger partial charge in [-0.1, -0.05) is 32.0 Å². The molecule has 0 radical (unpaired) electrons. The standard InChI is InChI=1S/C18H22N2O3/c1-12(2)16-11-14(13-7-4-5-8-15(13)19-16)18(23)20(3)10-6-9-17(21)22/h4-5,7-8,11-12H,6,9-10H2,1-3H3,(H,21,22). The second kappa shape index (κ2) is 7.22. The highest BCUT2D eigenvalue weighted by atomic mass is 16.4. The lowest BCUT2D eigenvalue weighted by molar-refractivity contribution is -0.137. The number of pyridine rings is 1. The summed E-state index contributed by atoms with van der Waals surface area (Å²) >= 11 is 0. The van der Waals surface area contributed by atoms with Crippen LogP contribution >= 0.6 is 0 Å². The molecule has 0 aliphatic heterocycles. The smallest absolute Gasteiger partial charge is 0.303 e. The lowest BCUT2D eigenvalue weighted by atomic mass is 10.0. The monoisotopic (exact) mass is 314 g/mol. The molecule has 1 heterocycles. The molecule has 0 atom stereocenters. The molecule has 5 heteroatoms. The maximum absolute atomic E-state index is 12.8. The maximum atomic E-state index is 12.8. The minimum atomic E-state index is -0.845. The first-order valence-corrected chi connectivity index (χ1v) is 7.77. The molecule has 1 N–H and O–H groups in total. The average Bonchev–Trinajstić information content (AvgIpc) is 2.52. The van der Waals surface area contributed by atoms with Crippen molar-refractivity contribution in [3.63, 3.8) is 0 Å². The van der Waals surface area contributed by atoms with Gasteiger partial charge in [0.1, 0.15) is 0 Å². The molecule has 0 saturated heterocycles. The Bertz CT molecular complexity index is 725. The Morgan fingerprint density at radius 1 is 1.26 bits per heavy atom. The molecule has 0 bridgehead atoms. The second-order valence-electron chi connectivity index (χ2n) is 5.99. The highest BCUT2D eigenvalue weighted by Gasteiger charge is 2.17. The van der Waals surface area contributed by atoms with Crippen LogP contribution in [0.4, 0.5) is 0 Å². The summed E-state index contributed by atoms with van der Waals surface area (Å²) < 4.78 is 0. The molecule has 1 aromatic carbocycles. The fraction of sp³-hybridized carbons (Fsp3) is 0.389. The molecule has 122 valence electrons. The van der Waals surface area contributed by atoms with Gasteiger partial charge in [0.05, 0.1) is 11.1 Å². The minimum Gasteiger partial charge on any atom is -0.481 e. The first-order valence-electron chi connectivity index (χ1n) is 7.77. The number of carboxylic acids is 1. The van der Waals surface area contributed by atoms with Crippen molar-refractivity contribution in [2.24, 2.45) is 0 Å². The average molecular weight is 314 g/mol. The number of nitrogens with zero attached hydrogens (tertiary/aromatic N) is 2. The number of benzene rings is 1. The molecule has 2 rings (SSSR count). The summed E-state index contributed by atoms with van der Waals surface area (Å²) in [5.41, 5.74) is 2.31. The summed E-state index contributed by atoms with van der Waals surface area (Å²) in [6.07, 6.45) is 0.504. The normalized spacial score (nSPS) is 11.0. The third kappa shape index (κ3) is 4.06. The molecule has 0 aliphatic carbocycles. The van der Waals surface area contributed by atoms with Crippen molar-refractivity contribution < 1.29 is 14.7 Å². The van der Waals surface area contributed by atoms with E-state index in [0.29, 0.717) is 18.5 Å². The van der Waals surface area contributed by atoms with Crippen LogP contribution in [-0.4, -0.2) is 40.5 Å². The van der Waals surface area contributed by atoms with Gasteiger partial charge in [0.2, 0.25) is 0 Å². The maximum Gasteiger partial charge on any atom is 0.303 e. The summed E-state index contributed by atoms with van der Waals surface area (Å²) in [6, 6.07) is 9.45. The van der Waals surface area contributed by atoms with E-state index in [1.807, 2.05) is 44.2 Å². The van der Waals surface area contributed by atoms with Crippen LogP contribution in [-0.2, 0) is 4.79 Å². The summed E-state index contributed by atoms with van der Waals surface area (Å²) in [7, 11) is 1.70. The van der Waals surface area contributed by atoms with Gasteiger partial charge in [-0.05, 0) is 24.5 Å². The molecule has 0 spiro atoms. The van der Waals surface area contributed by atoms with Crippen molar-refractivity contribution in [2.45, 2.75) is 32.6 Å². The summed E-state index contributed by atoms with van der Waals surface area (Å²) in [6.45, 7) is 4.50. The van der Waals surface area contributed by atoms with Crippen LogP contribution in [0.25, 0.3) is 10.9 Å². The van der Waals surface area contributed by atoms with Gasteiger partial charge in [0.25, 0.3) is 5.91 Å². The number of aromatic nitrogens is 1. The molecular weight excluding hydrogens is 292 g/mol. The Labute approximate surface area is 135 Å². The Balaban J connectivity index is 2.33. The van der Waals surface area contributed by atoms with E-state index in [4.69, 9.17) is 5.11 Å². The molecule has 2 aromatic rings. The number of fused-ring (bicyclic) bond motifs is 1. The van der Waals surface area contributed by atoms with E-state index >= 15 is 0 Å². The van der Waals surface area contributed by atoms with Crippen LogP contribution in [0, 0.1) is 0 Å². The van der Waals surface area contributed by atoms with Gasteiger partial charge < -0.3 is 10.0 Å².